The summed E-state index contributed by atoms with van der Waals surface area (Å²) in [5, 5.41) is 1.19. The van der Waals surface area contributed by atoms with Gasteiger partial charge in [0.15, 0.2) is 0 Å². The number of rotatable bonds is 4. The molecule has 2 aromatic heterocycles. The van der Waals surface area contributed by atoms with E-state index in [0.717, 1.165) is 11.1 Å². The molecule has 0 saturated carbocycles. The molecule has 0 fully saturated rings. The second-order valence-electron chi connectivity index (χ2n) is 6.28. The Bertz CT molecular complexity index is 938. The van der Waals surface area contributed by atoms with Gasteiger partial charge in [0.05, 0.1) is 5.52 Å². The molecule has 3 rings (SSSR count). The minimum atomic E-state index is -0.0542. The Morgan fingerprint density at radius 3 is 2.84 bits per heavy atom. The van der Waals surface area contributed by atoms with Gasteiger partial charge in [0, 0.05) is 44.5 Å². The van der Waals surface area contributed by atoms with E-state index in [1.54, 1.807) is 29.3 Å². The van der Waals surface area contributed by atoms with Gasteiger partial charge in [0.25, 0.3) is 0 Å². The zero-order chi connectivity index (χ0) is 18.0. The molecule has 2 heterocycles. The van der Waals surface area contributed by atoms with Crippen LogP contribution >= 0.6 is 0 Å². The van der Waals surface area contributed by atoms with Crippen LogP contribution in [0.2, 0.25) is 0 Å². The number of aryl methyl sites for hydroxylation is 2. The number of anilines is 1. The third-order valence-corrected chi connectivity index (χ3v) is 4.30. The molecule has 0 saturated heterocycles. The van der Waals surface area contributed by atoms with E-state index < -0.39 is 0 Å². The van der Waals surface area contributed by atoms with Crippen LogP contribution in [0, 0.1) is 6.92 Å². The molecule has 128 valence electrons. The largest absolute Gasteiger partial charge is 0.384 e. The Kier molecular flexibility index (Phi) is 4.57. The van der Waals surface area contributed by atoms with E-state index in [2.05, 4.69) is 40.9 Å². The zero-order valence-electron chi connectivity index (χ0n) is 14.7. The van der Waals surface area contributed by atoms with E-state index in [1.165, 1.54) is 16.5 Å². The Hall–Kier alpha value is -3.08. The number of likely N-dealkylation sites (N-methyl/N-ethyl adjacent to an activating group) is 1. The molecule has 2 N–H and O–H groups in total. The first-order valence-corrected chi connectivity index (χ1v) is 8.14. The highest BCUT2D eigenvalue weighted by Crippen LogP contribution is 2.24. The lowest BCUT2D eigenvalue weighted by Gasteiger charge is -2.14. The molecule has 25 heavy (non-hydrogen) atoms. The third-order valence-electron chi connectivity index (χ3n) is 4.30. The van der Waals surface area contributed by atoms with Gasteiger partial charge in [-0.2, -0.15) is 0 Å². The van der Waals surface area contributed by atoms with Gasteiger partial charge < -0.3 is 15.2 Å². The van der Waals surface area contributed by atoms with E-state index in [1.807, 2.05) is 20.2 Å². The number of aromatic nitrogens is 2. The maximum Gasteiger partial charge on any atom is 0.246 e. The lowest BCUT2D eigenvalue weighted by atomic mass is 10.1. The van der Waals surface area contributed by atoms with Crippen molar-refractivity contribution in [3.8, 4) is 0 Å². The second kappa shape index (κ2) is 6.81. The average Bonchev–Trinajstić information content (AvgIpc) is 2.91. The molecular weight excluding hydrogens is 312 g/mol. The number of hydrogen-bond donors (Lipinski definition) is 1. The molecule has 1 amide bonds. The summed E-state index contributed by atoms with van der Waals surface area (Å²) in [6.07, 6.45) is 7.05. The average molecular weight is 334 g/mol. The number of benzene rings is 1. The maximum absolute atomic E-state index is 12.4. The predicted molar refractivity (Wildman–Crippen MR) is 102 cm³/mol. The molecule has 0 unspecified atom stereocenters. The van der Waals surface area contributed by atoms with E-state index in [-0.39, 0.29) is 5.91 Å². The van der Waals surface area contributed by atoms with E-state index in [9.17, 15) is 4.79 Å². The van der Waals surface area contributed by atoms with Crippen LogP contribution < -0.4 is 5.73 Å². The molecule has 0 bridgehead atoms. The fourth-order valence-electron chi connectivity index (χ4n) is 3.02. The molecule has 3 aromatic rings. The summed E-state index contributed by atoms with van der Waals surface area (Å²) in [5.41, 5.74) is 9.99. The molecule has 5 nitrogen and oxygen atoms in total. The van der Waals surface area contributed by atoms with Crippen LogP contribution in [-0.2, 0) is 18.4 Å². The van der Waals surface area contributed by atoms with Crippen molar-refractivity contribution in [3.05, 3.63) is 65.5 Å². The van der Waals surface area contributed by atoms with Gasteiger partial charge in [-0.15, -0.1) is 0 Å². The van der Waals surface area contributed by atoms with Crippen LogP contribution in [0.15, 0.2) is 48.8 Å². The number of hydrogen-bond acceptors (Lipinski definition) is 3. The van der Waals surface area contributed by atoms with Crippen molar-refractivity contribution in [2.45, 2.75) is 13.5 Å². The standard InChI is InChI=1S/C20H22N4O/c1-14-5-4-6-17-16(13-24(3)20(14)17)12-23(2)19(25)10-8-15-7-9-18(21)22-11-15/h4-11,13H,12H2,1-3H3,(H2,21,22)/b10-8+. The number of fused-ring (bicyclic) bond motifs is 1. The summed E-state index contributed by atoms with van der Waals surface area (Å²) in [6, 6.07) is 9.80. The molecule has 5 heteroatoms. The van der Waals surface area contributed by atoms with Gasteiger partial charge in [-0.1, -0.05) is 18.2 Å². The van der Waals surface area contributed by atoms with Crippen molar-refractivity contribution in [2.75, 3.05) is 12.8 Å². The first-order valence-electron chi connectivity index (χ1n) is 8.14. The van der Waals surface area contributed by atoms with Crippen LogP contribution in [0.5, 0.6) is 0 Å². The molecular formula is C20H22N4O. The number of amides is 1. The first-order chi connectivity index (χ1) is 12.0. The highest BCUT2D eigenvalue weighted by Gasteiger charge is 2.12. The van der Waals surface area contributed by atoms with Crippen LogP contribution in [-0.4, -0.2) is 27.4 Å². The van der Waals surface area contributed by atoms with Gasteiger partial charge in [0.2, 0.25) is 5.91 Å². The summed E-state index contributed by atoms with van der Waals surface area (Å²) in [5.74, 6) is 0.410. The predicted octanol–water partition coefficient (Wildman–Crippen LogP) is 3.14. The minimum absolute atomic E-state index is 0.0542. The fraction of sp³-hybridized carbons (Fsp3) is 0.200. The smallest absolute Gasteiger partial charge is 0.246 e. The van der Waals surface area contributed by atoms with Gasteiger partial charge in [0.1, 0.15) is 5.82 Å². The fourth-order valence-corrected chi connectivity index (χ4v) is 3.02. The molecule has 0 aliphatic rings. The number of carbonyl (C=O) groups is 1. The molecule has 0 spiro atoms. The zero-order valence-corrected chi connectivity index (χ0v) is 14.7. The highest BCUT2D eigenvalue weighted by atomic mass is 16.2. The summed E-state index contributed by atoms with van der Waals surface area (Å²) in [7, 11) is 3.84. The lowest BCUT2D eigenvalue weighted by Crippen LogP contribution is -2.24. The van der Waals surface area contributed by atoms with Gasteiger partial charge in [-0.3, -0.25) is 4.79 Å². The van der Waals surface area contributed by atoms with Gasteiger partial charge in [-0.05, 0) is 41.8 Å². The number of carbonyl (C=O) groups excluding carboxylic acids is 1. The Labute approximate surface area is 147 Å². The number of pyridine rings is 1. The van der Waals surface area contributed by atoms with E-state index in [4.69, 9.17) is 5.73 Å². The monoisotopic (exact) mass is 334 g/mol. The van der Waals surface area contributed by atoms with Crippen molar-refractivity contribution in [2.24, 2.45) is 7.05 Å². The van der Waals surface area contributed by atoms with Crippen molar-refractivity contribution in [1.29, 1.82) is 0 Å². The van der Waals surface area contributed by atoms with Crippen LogP contribution in [0.4, 0.5) is 5.82 Å². The van der Waals surface area contributed by atoms with Crippen molar-refractivity contribution >= 4 is 28.7 Å². The molecule has 1 aromatic carbocycles. The molecule has 0 radical (unpaired) electrons. The Morgan fingerprint density at radius 1 is 1.32 bits per heavy atom. The van der Waals surface area contributed by atoms with Crippen molar-refractivity contribution in [1.82, 2.24) is 14.5 Å². The summed E-state index contributed by atoms with van der Waals surface area (Å²) < 4.78 is 2.12. The number of para-hydroxylation sites is 1. The lowest BCUT2D eigenvalue weighted by molar-refractivity contribution is -0.125. The number of nitrogens with zero attached hydrogens (tertiary/aromatic N) is 3. The summed E-state index contributed by atoms with van der Waals surface area (Å²) >= 11 is 0. The van der Waals surface area contributed by atoms with Crippen molar-refractivity contribution in [3.63, 3.8) is 0 Å². The molecule has 0 aliphatic carbocycles. The van der Waals surface area contributed by atoms with E-state index >= 15 is 0 Å². The quantitative estimate of drug-likeness (QED) is 0.746. The van der Waals surface area contributed by atoms with E-state index in [0.29, 0.717) is 12.4 Å². The first kappa shape index (κ1) is 16.8. The highest BCUT2D eigenvalue weighted by molar-refractivity contribution is 5.92. The summed E-state index contributed by atoms with van der Waals surface area (Å²) in [4.78, 5) is 18.1. The summed E-state index contributed by atoms with van der Waals surface area (Å²) in [6.45, 7) is 2.66. The maximum atomic E-state index is 12.4. The van der Waals surface area contributed by atoms with Gasteiger partial charge in [-0.25, -0.2) is 4.98 Å². The van der Waals surface area contributed by atoms with Crippen LogP contribution in [0.1, 0.15) is 16.7 Å². The molecule has 0 atom stereocenters. The van der Waals surface area contributed by atoms with Crippen LogP contribution in [0.25, 0.3) is 17.0 Å². The Balaban J connectivity index is 1.76. The normalized spacial score (nSPS) is 11.3. The minimum Gasteiger partial charge on any atom is -0.384 e. The third kappa shape index (κ3) is 3.55. The van der Waals surface area contributed by atoms with Crippen LogP contribution in [0.3, 0.4) is 0 Å². The number of nitrogen functional groups attached to an aromatic ring is 1. The topological polar surface area (TPSA) is 64.2 Å². The second-order valence-corrected chi connectivity index (χ2v) is 6.28. The van der Waals surface area contributed by atoms with Gasteiger partial charge >= 0.3 is 0 Å². The number of nitrogens with two attached hydrogens (primary N) is 1. The SMILES string of the molecule is Cc1cccc2c(CN(C)C(=O)/C=C/c3ccc(N)nc3)cn(C)c12. The molecule has 0 aliphatic heterocycles. The van der Waals surface area contributed by atoms with Crippen molar-refractivity contribution < 1.29 is 4.79 Å². The Morgan fingerprint density at radius 2 is 2.12 bits per heavy atom.